The number of alkyl halides is 3. The standard InChI is InChI=1S/C13H14F3IN2O2/c1-18(2)11(20)7-19(8-13(14,15)16)12(21)9-5-3-4-6-10(9)17/h3-6H,7-8H2,1-2H3. The van der Waals surface area contributed by atoms with Crippen LogP contribution in [0.3, 0.4) is 0 Å². The summed E-state index contributed by atoms with van der Waals surface area (Å²) in [6, 6.07) is 6.30. The minimum Gasteiger partial charge on any atom is -0.347 e. The molecule has 0 N–H and O–H groups in total. The number of benzene rings is 1. The fourth-order valence-electron chi connectivity index (χ4n) is 1.53. The van der Waals surface area contributed by atoms with Gasteiger partial charge in [-0.2, -0.15) is 13.2 Å². The molecule has 1 aromatic carbocycles. The SMILES string of the molecule is CN(C)C(=O)CN(CC(F)(F)F)C(=O)c1ccccc1I. The maximum atomic E-state index is 12.6. The molecule has 1 rings (SSSR count). The molecule has 0 saturated carbocycles. The van der Waals surface area contributed by atoms with Crippen LogP contribution in [0.25, 0.3) is 0 Å². The molecule has 2 amide bonds. The van der Waals surface area contributed by atoms with Gasteiger partial charge in [0.1, 0.15) is 13.1 Å². The van der Waals surface area contributed by atoms with Gasteiger partial charge in [0, 0.05) is 17.7 Å². The van der Waals surface area contributed by atoms with E-state index in [0.29, 0.717) is 8.47 Å². The number of halogens is 4. The predicted octanol–water partition coefficient (Wildman–Crippen LogP) is 2.38. The first kappa shape index (κ1) is 17.7. The fourth-order valence-corrected chi connectivity index (χ4v) is 2.14. The van der Waals surface area contributed by atoms with Crippen LogP contribution in [-0.4, -0.2) is 55.0 Å². The summed E-state index contributed by atoms with van der Waals surface area (Å²) in [5.74, 6) is -1.38. The lowest BCUT2D eigenvalue weighted by Crippen LogP contribution is -2.45. The number of amides is 2. The van der Waals surface area contributed by atoms with E-state index in [4.69, 9.17) is 0 Å². The van der Waals surface area contributed by atoms with E-state index in [1.807, 2.05) is 22.6 Å². The molecule has 0 aliphatic rings. The molecule has 0 aliphatic carbocycles. The normalized spacial score (nSPS) is 11.1. The van der Waals surface area contributed by atoms with E-state index < -0.39 is 31.1 Å². The number of hydrogen-bond donors (Lipinski definition) is 0. The van der Waals surface area contributed by atoms with Gasteiger partial charge in [0.2, 0.25) is 5.91 Å². The minimum absolute atomic E-state index is 0.147. The molecule has 116 valence electrons. The Morgan fingerprint density at radius 3 is 2.24 bits per heavy atom. The lowest BCUT2D eigenvalue weighted by molar-refractivity contribution is -0.146. The smallest absolute Gasteiger partial charge is 0.347 e. The van der Waals surface area contributed by atoms with Crippen molar-refractivity contribution in [2.24, 2.45) is 0 Å². The first-order valence-corrected chi connectivity index (χ1v) is 7.00. The molecule has 0 bridgehead atoms. The number of carbonyl (C=O) groups is 2. The van der Waals surface area contributed by atoms with Crippen LogP contribution in [0.15, 0.2) is 24.3 Å². The first-order chi connectivity index (χ1) is 9.61. The summed E-state index contributed by atoms with van der Waals surface area (Å²) in [6.45, 7) is -2.08. The van der Waals surface area contributed by atoms with Gasteiger partial charge in [-0.25, -0.2) is 0 Å². The fraction of sp³-hybridized carbons (Fsp3) is 0.385. The molecule has 0 atom stereocenters. The zero-order chi connectivity index (χ0) is 16.2. The van der Waals surface area contributed by atoms with Crippen molar-refractivity contribution in [2.45, 2.75) is 6.18 Å². The Morgan fingerprint density at radius 1 is 1.19 bits per heavy atom. The van der Waals surface area contributed by atoms with Gasteiger partial charge in [-0.05, 0) is 34.7 Å². The average Bonchev–Trinajstić information content (AvgIpc) is 2.36. The highest BCUT2D eigenvalue weighted by Gasteiger charge is 2.34. The Balaban J connectivity index is 3.03. The summed E-state index contributed by atoms with van der Waals surface area (Å²) in [4.78, 5) is 25.5. The van der Waals surface area contributed by atoms with Gasteiger partial charge in [-0.3, -0.25) is 9.59 Å². The van der Waals surface area contributed by atoms with Gasteiger partial charge in [0.15, 0.2) is 0 Å². The lowest BCUT2D eigenvalue weighted by Gasteiger charge is -2.25. The van der Waals surface area contributed by atoms with Crippen molar-refractivity contribution in [1.29, 1.82) is 0 Å². The highest BCUT2D eigenvalue weighted by Crippen LogP contribution is 2.20. The molecular weight excluding hydrogens is 400 g/mol. The second-order valence-electron chi connectivity index (χ2n) is 4.54. The van der Waals surface area contributed by atoms with Crippen LogP contribution in [0, 0.1) is 3.57 Å². The van der Waals surface area contributed by atoms with Crippen LogP contribution in [-0.2, 0) is 4.79 Å². The second kappa shape index (κ2) is 7.10. The third-order valence-corrected chi connectivity index (χ3v) is 3.53. The van der Waals surface area contributed by atoms with Crippen LogP contribution in [0.2, 0.25) is 0 Å². The van der Waals surface area contributed by atoms with Crippen molar-refractivity contribution >= 4 is 34.4 Å². The third-order valence-electron chi connectivity index (χ3n) is 2.59. The number of nitrogens with zero attached hydrogens (tertiary/aromatic N) is 2. The Labute approximate surface area is 134 Å². The number of hydrogen-bond acceptors (Lipinski definition) is 2. The molecule has 4 nitrogen and oxygen atoms in total. The molecular formula is C13H14F3IN2O2. The van der Waals surface area contributed by atoms with Gasteiger partial charge in [-0.1, -0.05) is 12.1 Å². The van der Waals surface area contributed by atoms with Crippen LogP contribution >= 0.6 is 22.6 Å². The van der Waals surface area contributed by atoms with E-state index in [0.717, 1.165) is 4.90 Å². The monoisotopic (exact) mass is 414 g/mol. The van der Waals surface area contributed by atoms with Crippen molar-refractivity contribution in [3.63, 3.8) is 0 Å². The number of carbonyl (C=O) groups excluding carboxylic acids is 2. The number of likely N-dealkylation sites (N-methyl/N-ethyl adjacent to an activating group) is 1. The van der Waals surface area contributed by atoms with Crippen LogP contribution in [0.5, 0.6) is 0 Å². The van der Waals surface area contributed by atoms with Crippen molar-refractivity contribution in [3.05, 3.63) is 33.4 Å². The Bertz CT molecular complexity index is 532. The van der Waals surface area contributed by atoms with E-state index in [2.05, 4.69) is 0 Å². The van der Waals surface area contributed by atoms with E-state index in [1.165, 1.54) is 20.2 Å². The Morgan fingerprint density at radius 2 is 1.76 bits per heavy atom. The zero-order valence-electron chi connectivity index (χ0n) is 11.4. The summed E-state index contributed by atoms with van der Waals surface area (Å²) in [6.07, 6.45) is -4.57. The topological polar surface area (TPSA) is 40.6 Å². The summed E-state index contributed by atoms with van der Waals surface area (Å²) in [5.41, 5.74) is 0.147. The quantitative estimate of drug-likeness (QED) is 0.711. The molecule has 0 saturated heterocycles. The zero-order valence-corrected chi connectivity index (χ0v) is 13.6. The van der Waals surface area contributed by atoms with Crippen molar-refractivity contribution in [2.75, 3.05) is 27.2 Å². The van der Waals surface area contributed by atoms with Gasteiger partial charge in [0.25, 0.3) is 5.91 Å². The summed E-state index contributed by atoms with van der Waals surface area (Å²) < 4.78 is 38.4. The van der Waals surface area contributed by atoms with Crippen molar-refractivity contribution in [1.82, 2.24) is 9.80 Å². The van der Waals surface area contributed by atoms with Gasteiger partial charge in [0.05, 0.1) is 5.56 Å². The van der Waals surface area contributed by atoms with E-state index >= 15 is 0 Å². The molecule has 21 heavy (non-hydrogen) atoms. The van der Waals surface area contributed by atoms with Crippen molar-refractivity contribution < 1.29 is 22.8 Å². The molecule has 0 radical (unpaired) electrons. The summed E-state index contributed by atoms with van der Waals surface area (Å²) in [5, 5.41) is 0. The first-order valence-electron chi connectivity index (χ1n) is 5.92. The van der Waals surface area contributed by atoms with Crippen LogP contribution in [0.1, 0.15) is 10.4 Å². The highest BCUT2D eigenvalue weighted by molar-refractivity contribution is 14.1. The number of rotatable bonds is 4. The van der Waals surface area contributed by atoms with Gasteiger partial charge < -0.3 is 9.80 Å². The average molecular weight is 414 g/mol. The molecule has 8 heteroatoms. The van der Waals surface area contributed by atoms with Crippen LogP contribution in [0.4, 0.5) is 13.2 Å². The maximum Gasteiger partial charge on any atom is 0.406 e. The summed E-state index contributed by atoms with van der Waals surface area (Å²) >= 11 is 1.87. The largest absolute Gasteiger partial charge is 0.406 e. The maximum absolute atomic E-state index is 12.6. The Hall–Kier alpha value is -1.32. The molecule has 0 heterocycles. The molecule has 0 spiro atoms. The predicted molar refractivity (Wildman–Crippen MR) is 79.8 cm³/mol. The summed E-state index contributed by atoms with van der Waals surface area (Å²) in [7, 11) is 2.84. The van der Waals surface area contributed by atoms with Gasteiger partial charge >= 0.3 is 6.18 Å². The van der Waals surface area contributed by atoms with Crippen LogP contribution < -0.4 is 0 Å². The molecule has 1 aromatic rings. The second-order valence-corrected chi connectivity index (χ2v) is 5.71. The van der Waals surface area contributed by atoms with Crippen molar-refractivity contribution in [3.8, 4) is 0 Å². The molecule has 0 aromatic heterocycles. The van der Waals surface area contributed by atoms with E-state index in [1.54, 1.807) is 18.2 Å². The molecule has 0 aliphatic heterocycles. The lowest BCUT2D eigenvalue weighted by atomic mass is 10.2. The minimum atomic E-state index is -4.57. The highest BCUT2D eigenvalue weighted by atomic mass is 127. The van der Waals surface area contributed by atoms with Gasteiger partial charge in [-0.15, -0.1) is 0 Å². The third kappa shape index (κ3) is 5.52. The van der Waals surface area contributed by atoms with E-state index in [9.17, 15) is 22.8 Å². The molecule has 0 unspecified atom stereocenters. The molecule has 0 fully saturated rings. The van der Waals surface area contributed by atoms with E-state index in [-0.39, 0.29) is 5.56 Å². The Kier molecular flexibility index (Phi) is 5.99.